The van der Waals surface area contributed by atoms with Crippen molar-refractivity contribution in [3.8, 4) is 0 Å². The van der Waals surface area contributed by atoms with Crippen molar-refractivity contribution in [3.63, 3.8) is 0 Å². The summed E-state index contributed by atoms with van der Waals surface area (Å²) in [7, 11) is 1.58. The maximum atomic E-state index is 9.35. The van der Waals surface area contributed by atoms with Crippen LogP contribution in [0.5, 0.6) is 0 Å². The van der Waals surface area contributed by atoms with E-state index in [1.54, 1.807) is 13.3 Å². The second-order valence-electron chi connectivity index (χ2n) is 3.48. The SMILES string of the molecule is COCC(O)CNCCn1ccnc1C. The van der Waals surface area contributed by atoms with Crippen LogP contribution in [-0.4, -0.2) is 47.6 Å². The highest BCUT2D eigenvalue weighted by molar-refractivity contribution is 4.88. The van der Waals surface area contributed by atoms with Gasteiger partial charge in [0.1, 0.15) is 5.82 Å². The monoisotopic (exact) mass is 213 g/mol. The summed E-state index contributed by atoms with van der Waals surface area (Å²) in [5.74, 6) is 1.01. The van der Waals surface area contributed by atoms with Gasteiger partial charge in [-0.3, -0.25) is 0 Å². The van der Waals surface area contributed by atoms with E-state index in [0.717, 1.165) is 18.9 Å². The minimum Gasteiger partial charge on any atom is -0.389 e. The van der Waals surface area contributed by atoms with Crippen LogP contribution in [0.15, 0.2) is 12.4 Å². The molecule has 0 fully saturated rings. The number of rotatable bonds is 7. The van der Waals surface area contributed by atoms with Crippen LogP contribution in [0, 0.1) is 6.92 Å². The van der Waals surface area contributed by atoms with E-state index < -0.39 is 6.10 Å². The first-order valence-electron chi connectivity index (χ1n) is 5.09. The Morgan fingerprint density at radius 3 is 3.07 bits per heavy atom. The summed E-state index contributed by atoms with van der Waals surface area (Å²) in [5, 5.41) is 12.5. The Kier molecular flexibility index (Phi) is 5.31. The molecule has 86 valence electrons. The summed E-state index contributed by atoms with van der Waals surface area (Å²) in [6.07, 6.45) is 3.30. The zero-order valence-corrected chi connectivity index (χ0v) is 9.31. The zero-order chi connectivity index (χ0) is 11.1. The Balaban J connectivity index is 2.09. The fourth-order valence-electron chi connectivity index (χ4n) is 1.36. The molecule has 0 aromatic carbocycles. The molecule has 5 heteroatoms. The van der Waals surface area contributed by atoms with Crippen molar-refractivity contribution in [3.05, 3.63) is 18.2 Å². The summed E-state index contributed by atoms with van der Waals surface area (Å²) in [6.45, 7) is 4.59. The van der Waals surface area contributed by atoms with Crippen LogP contribution < -0.4 is 5.32 Å². The van der Waals surface area contributed by atoms with Gasteiger partial charge < -0.3 is 19.7 Å². The third kappa shape index (κ3) is 4.42. The molecule has 15 heavy (non-hydrogen) atoms. The highest BCUT2D eigenvalue weighted by Gasteiger charge is 2.02. The number of nitrogens with zero attached hydrogens (tertiary/aromatic N) is 2. The Morgan fingerprint density at radius 1 is 1.67 bits per heavy atom. The Bertz CT molecular complexity index is 275. The second-order valence-corrected chi connectivity index (χ2v) is 3.48. The lowest BCUT2D eigenvalue weighted by Gasteiger charge is -2.11. The first kappa shape index (κ1) is 12.2. The van der Waals surface area contributed by atoms with Crippen molar-refractivity contribution in [1.29, 1.82) is 0 Å². The van der Waals surface area contributed by atoms with Crippen LogP contribution in [0.3, 0.4) is 0 Å². The van der Waals surface area contributed by atoms with Crippen molar-refractivity contribution in [2.24, 2.45) is 0 Å². The smallest absolute Gasteiger partial charge is 0.105 e. The number of nitrogens with one attached hydrogen (secondary N) is 1. The van der Waals surface area contributed by atoms with Crippen LogP contribution in [0.2, 0.25) is 0 Å². The molecule has 5 nitrogen and oxygen atoms in total. The number of aliphatic hydroxyl groups is 1. The van der Waals surface area contributed by atoms with E-state index in [1.807, 2.05) is 13.1 Å². The van der Waals surface area contributed by atoms with Crippen LogP contribution in [0.25, 0.3) is 0 Å². The van der Waals surface area contributed by atoms with Crippen molar-refractivity contribution in [2.45, 2.75) is 19.6 Å². The lowest BCUT2D eigenvalue weighted by molar-refractivity contribution is 0.0646. The number of imidazole rings is 1. The van der Waals surface area contributed by atoms with E-state index in [0.29, 0.717) is 13.2 Å². The molecule has 0 radical (unpaired) electrons. The van der Waals surface area contributed by atoms with Gasteiger partial charge in [0, 0.05) is 39.1 Å². The van der Waals surface area contributed by atoms with E-state index in [-0.39, 0.29) is 0 Å². The fourth-order valence-corrected chi connectivity index (χ4v) is 1.36. The normalized spacial score (nSPS) is 13.0. The molecular weight excluding hydrogens is 194 g/mol. The predicted octanol–water partition coefficient (Wildman–Crippen LogP) is -0.212. The van der Waals surface area contributed by atoms with Gasteiger partial charge in [0.25, 0.3) is 0 Å². The standard InChI is InChI=1S/C10H19N3O2/c1-9-12-4-6-13(9)5-3-11-7-10(14)8-15-2/h4,6,10-11,14H,3,5,7-8H2,1-2H3. The molecule has 1 heterocycles. The highest BCUT2D eigenvalue weighted by Crippen LogP contribution is 1.93. The lowest BCUT2D eigenvalue weighted by atomic mass is 10.4. The molecule has 0 saturated heterocycles. The molecule has 0 spiro atoms. The lowest BCUT2D eigenvalue weighted by Crippen LogP contribution is -2.32. The maximum Gasteiger partial charge on any atom is 0.105 e. The third-order valence-electron chi connectivity index (χ3n) is 2.19. The van der Waals surface area contributed by atoms with Gasteiger partial charge in [0.05, 0.1) is 12.7 Å². The van der Waals surface area contributed by atoms with E-state index in [1.165, 1.54) is 0 Å². The molecule has 0 saturated carbocycles. The molecule has 2 N–H and O–H groups in total. The van der Waals surface area contributed by atoms with Crippen molar-refractivity contribution >= 4 is 0 Å². The summed E-state index contributed by atoms with van der Waals surface area (Å²) >= 11 is 0. The molecule has 0 aliphatic heterocycles. The van der Waals surface area contributed by atoms with Gasteiger partial charge in [-0.2, -0.15) is 0 Å². The van der Waals surface area contributed by atoms with E-state index in [4.69, 9.17) is 4.74 Å². The van der Waals surface area contributed by atoms with E-state index >= 15 is 0 Å². The number of hydrogen-bond acceptors (Lipinski definition) is 4. The third-order valence-corrected chi connectivity index (χ3v) is 2.19. The predicted molar refractivity (Wildman–Crippen MR) is 57.7 cm³/mol. The van der Waals surface area contributed by atoms with Gasteiger partial charge in [-0.05, 0) is 6.92 Å². The first-order chi connectivity index (χ1) is 7.24. The molecular formula is C10H19N3O2. The van der Waals surface area contributed by atoms with Gasteiger partial charge in [-0.1, -0.05) is 0 Å². The number of methoxy groups -OCH3 is 1. The van der Waals surface area contributed by atoms with Gasteiger partial charge >= 0.3 is 0 Å². The average molecular weight is 213 g/mol. The largest absolute Gasteiger partial charge is 0.389 e. The highest BCUT2D eigenvalue weighted by atomic mass is 16.5. The van der Waals surface area contributed by atoms with Gasteiger partial charge in [0.2, 0.25) is 0 Å². The van der Waals surface area contributed by atoms with Crippen LogP contribution in [0.1, 0.15) is 5.82 Å². The number of aromatic nitrogens is 2. The van der Waals surface area contributed by atoms with Crippen molar-refractivity contribution in [2.75, 3.05) is 26.8 Å². The number of aryl methyl sites for hydroxylation is 1. The zero-order valence-electron chi connectivity index (χ0n) is 9.31. The molecule has 1 aromatic rings. The minimum absolute atomic E-state index is 0.372. The van der Waals surface area contributed by atoms with Crippen LogP contribution >= 0.6 is 0 Å². The summed E-state index contributed by atoms with van der Waals surface area (Å²) in [5.41, 5.74) is 0. The maximum absolute atomic E-state index is 9.35. The molecule has 1 aromatic heterocycles. The van der Waals surface area contributed by atoms with Crippen molar-refractivity contribution in [1.82, 2.24) is 14.9 Å². The van der Waals surface area contributed by atoms with Gasteiger partial charge in [-0.15, -0.1) is 0 Å². The molecule has 1 rings (SSSR count). The van der Waals surface area contributed by atoms with Crippen LogP contribution in [-0.2, 0) is 11.3 Å². The first-order valence-corrected chi connectivity index (χ1v) is 5.09. The van der Waals surface area contributed by atoms with Gasteiger partial charge in [-0.25, -0.2) is 4.98 Å². The van der Waals surface area contributed by atoms with Gasteiger partial charge in [0.15, 0.2) is 0 Å². The second kappa shape index (κ2) is 6.55. The van der Waals surface area contributed by atoms with Crippen LogP contribution in [0.4, 0.5) is 0 Å². The quantitative estimate of drug-likeness (QED) is 0.615. The number of hydrogen-bond donors (Lipinski definition) is 2. The number of aliphatic hydroxyl groups excluding tert-OH is 1. The summed E-state index contributed by atoms with van der Waals surface area (Å²) < 4.78 is 6.89. The van der Waals surface area contributed by atoms with E-state index in [2.05, 4.69) is 14.9 Å². The molecule has 0 aliphatic carbocycles. The molecule has 1 atom stereocenters. The Morgan fingerprint density at radius 2 is 2.47 bits per heavy atom. The van der Waals surface area contributed by atoms with E-state index in [9.17, 15) is 5.11 Å². The molecule has 0 aliphatic rings. The Labute approximate surface area is 90.1 Å². The molecule has 0 bridgehead atoms. The Hall–Kier alpha value is -0.910. The average Bonchev–Trinajstić information content (AvgIpc) is 2.60. The van der Waals surface area contributed by atoms with Crippen molar-refractivity contribution < 1.29 is 9.84 Å². The topological polar surface area (TPSA) is 59.3 Å². The number of ether oxygens (including phenoxy) is 1. The fraction of sp³-hybridized carbons (Fsp3) is 0.700. The summed E-state index contributed by atoms with van der Waals surface area (Å²) in [6, 6.07) is 0. The molecule has 1 unspecified atom stereocenters. The molecule has 0 amide bonds. The summed E-state index contributed by atoms with van der Waals surface area (Å²) in [4.78, 5) is 4.13. The minimum atomic E-state index is -0.432.